The van der Waals surface area contributed by atoms with E-state index in [9.17, 15) is 9.59 Å². The number of H-pyrrole nitrogens is 1. The largest absolute Gasteiger partial charge is 0.336 e. The zero-order valence-electron chi connectivity index (χ0n) is 20.5. The van der Waals surface area contributed by atoms with Gasteiger partial charge in [0.2, 0.25) is 0 Å². The van der Waals surface area contributed by atoms with Crippen molar-refractivity contribution in [2.75, 3.05) is 6.54 Å². The Morgan fingerprint density at radius 3 is 2.63 bits per heavy atom. The minimum absolute atomic E-state index is 0.0780. The van der Waals surface area contributed by atoms with E-state index in [1.54, 1.807) is 10.8 Å². The molecule has 1 saturated heterocycles. The predicted molar refractivity (Wildman–Crippen MR) is 138 cm³/mol. The Bertz CT molecular complexity index is 1420. The summed E-state index contributed by atoms with van der Waals surface area (Å²) in [5.41, 5.74) is 4.69. The first-order valence-electron chi connectivity index (χ1n) is 12.4. The molecule has 3 heterocycles. The van der Waals surface area contributed by atoms with Gasteiger partial charge < -0.3 is 9.88 Å². The number of carbonyl (C=O) groups is 1. The molecule has 7 nitrogen and oxygen atoms in total. The standard InChI is InChI=1S/C28H31N5O2/c1-18(2)22-9-4-5-10-23(22)25-29-16-24-26(31-25)33(28(35)30-24)17-20-11-13-21(14-12-20)27(34)32-15-7-6-8-19(32)3/h4-5,9-14,16,18-19H,6-8,15,17H2,1-3H3,(H,30,35). The second kappa shape index (κ2) is 9.49. The van der Waals surface area contributed by atoms with Crippen LogP contribution in [0.3, 0.4) is 0 Å². The number of nitrogens with one attached hydrogen (secondary N) is 1. The zero-order chi connectivity index (χ0) is 24.5. The third kappa shape index (κ3) is 4.50. The Balaban J connectivity index is 1.44. The van der Waals surface area contributed by atoms with E-state index in [-0.39, 0.29) is 17.6 Å². The van der Waals surface area contributed by atoms with Crippen LogP contribution in [0.15, 0.2) is 59.5 Å². The Morgan fingerprint density at radius 2 is 1.89 bits per heavy atom. The number of likely N-dealkylation sites (tertiary alicyclic amines) is 1. The minimum Gasteiger partial charge on any atom is -0.336 e. The highest BCUT2D eigenvalue weighted by atomic mass is 16.2. The molecule has 1 amide bonds. The summed E-state index contributed by atoms with van der Waals surface area (Å²) in [4.78, 5) is 39.9. The molecule has 0 radical (unpaired) electrons. The lowest BCUT2D eigenvalue weighted by molar-refractivity contribution is 0.0635. The van der Waals surface area contributed by atoms with E-state index in [1.807, 2.05) is 47.4 Å². The Morgan fingerprint density at radius 1 is 1.11 bits per heavy atom. The van der Waals surface area contributed by atoms with Crippen LogP contribution >= 0.6 is 0 Å². The van der Waals surface area contributed by atoms with Crippen LogP contribution < -0.4 is 5.69 Å². The third-order valence-corrected chi connectivity index (χ3v) is 6.94. The second-order valence-corrected chi connectivity index (χ2v) is 9.73. The van der Waals surface area contributed by atoms with Crippen molar-refractivity contribution in [3.05, 3.63) is 81.9 Å². The smallest absolute Gasteiger partial charge is 0.328 e. The quantitative estimate of drug-likeness (QED) is 0.447. The van der Waals surface area contributed by atoms with Crippen LogP contribution in [0.5, 0.6) is 0 Å². The number of amides is 1. The Hall–Kier alpha value is -3.74. The van der Waals surface area contributed by atoms with Crippen LogP contribution in [-0.4, -0.2) is 42.9 Å². The van der Waals surface area contributed by atoms with E-state index < -0.39 is 0 Å². The third-order valence-electron chi connectivity index (χ3n) is 6.94. The number of benzene rings is 2. The Kier molecular flexibility index (Phi) is 6.24. The summed E-state index contributed by atoms with van der Waals surface area (Å²) >= 11 is 0. The molecule has 0 spiro atoms. The van der Waals surface area contributed by atoms with E-state index in [1.165, 1.54) is 12.0 Å². The summed E-state index contributed by atoms with van der Waals surface area (Å²) in [6.45, 7) is 7.57. The molecule has 0 saturated carbocycles. The number of hydrogen-bond acceptors (Lipinski definition) is 4. The van der Waals surface area contributed by atoms with Crippen molar-refractivity contribution in [3.8, 4) is 11.4 Å². The van der Waals surface area contributed by atoms with E-state index in [0.717, 1.165) is 30.5 Å². The fraction of sp³-hybridized carbons (Fsp3) is 0.357. The molecule has 0 aliphatic carbocycles. The van der Waals surface area contributed by atoms with E-state index in [2.05, 4.69) is 36.8 Å². The van der Waals surface area contributed by atoms with Crippen LogP contribution in [0.25, 0.3) is 22.6 Å². The average Bonchev–Trinajstić information content (AvgIpc) is 3.18. The first-order chi connectivity index (χ1) is 16.9. The average molecular weight is 470 g/mol. The molecule has 4 aromatic rings. The van der Waals surface area contributed by atoms with Gasteiger partial charge in [0.25, 0.3) is 5.91 Å². The number of aromatic amines is 1. The molecule has 35 heavy (non-hydrogen) atoms. The summed E-state index contributed by atoms with van der Waals surface area (Å²) in [5.74, 6) is 1.01. The van der Waals surface area contributed by atoms with E-state index in [0.29, 0.717) is 35.0 Å². The van der Waals surface area contributed by atoms with Crippen molar-refractivity contribution in [3.63, 3.8) is 0 Å². The van der Waals surface area contributed by atoms with Gasteiger partial charge in [-0.25, -0.2) is 14.8 Å². The maximum absolute atomic E-state index is 13.0. The van der Waals surface area contributed by atoms with Crippen LogP contribution in [0, 0.1) is 0 Å². The molecule has 1 N–H and O–H groups in total. The van der Waals surface area contributed by atoms with Gasteiger partial charge >= 0.3 is 5.69 Å². The summed E-state index contributed by atoms with van der Waals surface area (Å²) in [6.07, 6.45) is 4.97. The molecule has 5 rings (SSSR count). The highest BCUT2D eigenvalue weighted by molar-refractivity contribution is 5.94. The molecule has 1 aliphatic heterocycles. The number of hydrogen-bond donors (Lipinski definition) is 1. The highest BCUT2D eigenvalue weighted by Crippen LogP contribution is 2.27. The maximum Gasteiger partial charge on any atom is 0.328 e. The lowest BCUT2D eigenvalue weighted by Gasteiger charge is -2.33. The SMILES string of the molecule is CC(C)c1ccccc1-c1ncc2[nH]c(=O)n(Cc3ccc(C(=O)N4CCCCC4C)cc3)c2n1. The lowest BCUT2D eigenvalue weighted by atomic mass is 9.97. The minimum atomic E-state index is -0.231. The van der Waals surface area contributed by atoms with Gasteiger partial charge in [0, 0.05) is 23.7 Å². The molecular formula is C28H31N5O2. The zero-order valence-corrected chi connectivity index (χ0v) is 20.5. The number of piperidine rings is 1. The lowest BCUT2D eigenvalue weighted by Crippen LogP contribution is -2.42. The summed E-state index contributed by atoms with van der Waals surface area (Å²) < 4.78 is 1.63. The number of nitrogens with zero attached hydrogens (tertiary/aromatic N) is 4. The van der Waals surface area contributed by atoms with E-state index in [4.69, 9.17) is 4.98 Å². The number of rotatable bonds is 5. The molecule has 1 fully saturated rings. The fourth-order valence-corrected chi connectivity index (χ4v) is 4.93. The Labute approximate surface area is 204 Å². The molecule has 180 valence electrons. The van der Waals surface area contributed by atoms with Gasteiger partial charge in [-0.3, -0.25) is 9.36 Å². The van der Waals surface area contributed by atoms with Crippen molar-refractivity contribution >= 4 is 17.1 Å². The molecule has 2 aromatic heterocycles. The fourth-order valence-electron chi connectivity index (χ4n) is 4.93. The first kappa shape index (κ1) is 23.0. The van der Waals surface area contributed by atoms with Gasteiger partial charge in [0.05, 0.1) is 12.7 Å². The summed E-state index contributed by atoms with van der Waals surface area (Å²) in [7, 11) is 0. The monoisotopic (exact) mass is 469 g/mol. The van der Waals surface area contributed by atoms with Gasteiger partial charge in [0.15, 0.2) is 11.5 Å². The molecule has 1 aliphatic rings. The molecule has 7 heteroatoms. The molecule has 1 atom stereocenters. The van der Waals surface area contributed by atoms with Crippen molar-refractivity contribution in [1.82, 2.24) is 24.4 Å². The number of imidazole rings is 1. The van der Waals surface area contributed by atoms with E-state index >= 15 is 0 Å². The number of aromatic nitrogens is 4. The number of carbonyl (C=O) groups excluding carboxylic acids is 1. The van der Waals surface area contributed by atoms with Gasteiger partial charge in [0.1, 0.15) is 5.52 Å². The van der Waals surface area contributed by atoms with Crippen molar-refractivity contribution in [2.24, 2.45) is 0 Å². The van der Waals surface area contributed by atoms with Crippen molar-refractivity contribution in [1.29, 1.82) is 0 Å². The summed E-state index contributed by atoms with van der Waals surface area (Å²) in [6, 6.07) is 15.9. The molecular weight excluding hydrogens is 438 g/mol. The van der Waals surface area contributed by atoms with Gasteiger partial charge in [-0.05, 0) is 55.4 Å². The van der Waals surface area contributed by atoms with Crippen molar-refractivity contribution in [2.45, 2.75) is 58.5 Å². The molecule has 1 unspecified atom stereocenters. The maximum atomic E-state index is 13.0. The second-order valence-electron chi connectivity index (χ2n) is 9.73. The topological polar surface area (TPSA) is 83.9 Å². The van der Waals surface area contributed by atoms with Crippen molar-refractivity contribution < 1.29 is 4.79 Å². The van der Waals surface area contributed by atoms with Gasteiger partial charge in [-0.15, -0.1) is 0 Å². The molecule has 2 aromatic carbocycles. The first-order valence-corrected chi connectivity index (χ1v) is 12.4. The molecule has 0 bridgehead atoms. The van der Waals surface area contributed by atoms with Gasteiger partial charge in [-0.2, -0.15) is 0 Å². The van der Waals surface area contributed by atoms with Gasteiger partial charge in [-0.1, -0.05) is 50.2 Å². The van der Waals surface area contributed by atoms with Crippen LogP contribution in [0.1, 0.15) is 67.4 Å². The van der Waals surface area contributed by atoms with Crippen LogP contribution in [-0.2, 0) is 6.54 Å². The predicted octanol–water partition coefficient (Wildman–Crippen LogP) is 4.97. The van der Waals surface area contributed by atoms with Crippen LogP contribution in [0.2, 0.25) is 0 Å². The summed E-state index contributed by atoms with van der Waals surface area (Å²) in [5, 5.41) is 0. The normalized spacial score (nSPS) is 16.2. The highest BCUT2D eigenvalue weighted by Gasteiger charge is 2.24. The van der Waals surface area contributed by atoms with Crippen LogP contribution in [0.4, 0.5) is 0 Å². The number of fused-ring (bicyclic) bond motifs is 1.